The molecule has 2 atom stereocenters. The molecule has 1 aliphatic carbocycles. The molecule has 2 amide bonds. The van der Waals surface area contributed by atoms with Gasteiger partial charge in [0.15, 0.2) is 0 Å². The van der Waals surface area contributed by atoms with Crippen LogP contribution in [0.2, 0.25) is 5.15 Å². The minimum absolute atomic E-state index is 0.0160. The molecule has 3 heterocycles. The van der Waals surface area contributed by atoms with Crippen LogP contribution in [0.5, 0.6) is 0 Å². The minimum Gasteiger partial charge on any atom is -0.379 e. The number of anilines is 1. The highest BCUT2D eigenvalue weighted by molar-refractivity contribution is 6.52. The largest absolute Gasteiger partial charge is 0.379 e. The van der Waals surface area contributed by atoms with Gasteiger partial charge < -0.3 is 14.9 Å². The first-order chi connectivity index (χ1) is 19.1. The van der Waals surface area contributed by atoms with Crippen molar-refractivity contribution in [2.24, 2.45) is 0 Å². The second kappa shape index (κ2) is 9.33. The summed E-state index contributed by atoms with van der Waals surface area (Å²) in [4.78, 5) is 29.7. The van der Waals surface area contributed by atoms with E-state index in [1.165, 1.54) is 0 Å². The monoisotopic (exact) mass is 532 g/mol. The highest BCUT2D eigenvalue weighted by Crippen LogP contribution is 2.44. The van der Waals surface area contributed by atoms with Crippen LogP contribution in [0, 0.1) is 0 Å². The van der Waals surface area contributed by atoms with Crippen LogP contribution in [0.3, 0.4) is 0 Å². The van der Waals surface area contributed by atoms with Crippen LogP contribution in [0.15, 0.2) is 97.2 Å². The second-order valence-corrected chi connectivity index (χ2v) is 10.3. The van der Waals surface area contributed by atoms with Gasteiger partial charge in [0.2, 0.25) is 0 Å². The van der Waals surface area contributed by atoms with Gasteiger partial charge in [-0.2, -0.15) is 0 Å². The summed E-state index contributed by atoms with van der Waals surface area (Å²) in [5.74, 6) is -0.851. The Morgan fingerprint density at radius 2 is 1.51 bits per heavy atom. The van der Waals surface area contributed by atoms with E-state index in [1.807, 2.05) is 66.7 Å². The zero-order chi connectivity index (χ0) is 26.5. The van der Waals surface area contributed by atoms with Crippen molar-refractivity contribution >= 4 is 62.1 Å². The van der Waals surface area contributed by atoms with Crippen molar-refractivity contribution < 1.29 is 9.59 Å². The zero-order valence-electron chi connectivity index (χ0n) is 20.9. The average Bonchev–Trinajstić information content (AvgIpc) is 3.60. The van der Waals surface area contributed by atoms with Crippen LogP contribution in [0.4, 0.5) is 5.69 Å². The Bertz CT molecular complexity index is 1830. The van der Waals surface area contributed by atoms with Crippen molar-refractivity contribution in [3.05, 3.63) is 113 Å². The number of nitrogens with zero attached hydrogens (tertiary/aromatic N) is 1. The van der Waals surface area contributed by atoms with Gasteiger partial charge in [-0.25, -0.2) is 0 Å². The summed E-state index contributed by atoms with van der Waals surface area (Å²) in [6.07, 6.45) is 7.96. The fraction of sp³-hybridized carbons (Fsp3) is 0.125. The lowest BCUT2D eigenvalue weighted by molar-refractivity contribution is -0.122. The number of rotatable bonds is 5. The lowest BCUT2D eigenvalue weighted by Crippen LogP contribution is -2.23. The van der Waals surface area contributed by atoms with E-state index >= 15 is 0 Å². The van der Waals surface area contributed by atoms with Crippen molar-refractivity contribution in [1.82, 2.24) is 14.9 Å². The van der Waals surface area contributed by atoms with Gasteiger partial charge in [-0.15, -0.1) is 0 Å². The van der Waals surface area contributed by atoms with Crippen molar-refractivity contribution in [2.75, 3.05) is 5.32 Å². The van der Waals surface area contributed by atoms with Crippen LogP contribution in [0.1, 0.15) is 30.0 Å². The van der Waals surface area contributed by atoms with Gasteiger partial charge in [0.1, 0.15) is 5.15 Å². The molecule has 7 rings (SSSR count). The van der Waals surface area contributed by atoms with E-state index in [0.29, 0.717) is 27.4 Å². The standard InChI is InChI=1S/C32H25ClN4O2/c33-30-27(29-28(31(38)36-32(29)39)24-18-34-25-12-6-4-10-22(24)25)23-11-5-7-13-26(23)37(30)21-16-14-20(15-17-21)35-19-8-2-1-3-9-19/h1-14,16,18,20-21,34-35H,15,17H2,(H,36,38,39)/t20-,21?/m0/s1. The number of imide groups is 1. The predicted molar refractivity (Wildman–Crippen MR) is 156 cm³/mol. The summed E-state index contributed by atoms with van der Waals surface area (Å²) in [6.45, 7) is 0. The summed E-state index contributed by atoms with van der Waals surface area (Å²) < 4.78 is 2.09. The topological polar surface area (TPSA) is 78.9 Å². The van der Waals surface area contributed by atoms with Crippen molar-refractivity contribution in [1.29, 1.82) is 0 Å². The average molecular weight is 533 g/mol. The molecule has 39 heavy (non-hydrogen) atoms. The van der Waals surface area contributed by atoms with E-state index in [9.17, 15) is 9.59 Å². The number of H-pyrrole nitrogens is 1. The number of aromatic nitrogens is 2. The van der Waals surface area contributed by atoms with E-state index in [0.717, 1.165) is 40.3 Å². The third-order valence-corrected chi connectivity index (χ3v) is 8.06. The molecule has 3 N–H and O–H groups in total. The van der Waals surface area contributed by atoms with Crippen LogP contribution in [-0.2, 0) is 9.59 Å². The molecule has 0 saturated carbocycles. The van der Waals surface area contributed by atoms with Crippen molar-refractivity contribution in [3.63, 3.8) is 0 Å². The number of fused-ring (bicyclic) bond motifs is 2. The second-order valence-electron chi connectivity index (χ2n) is 9.98. The van der Waals surface area contributed by atoms with Crippen molar-refractivity contribution in [2.45, 2.75) is 24.9 Å². The highest BCUT2D eigenvalue weighted by atomic mass is 35.5. The van der Waals surface area contributed by atoms with Gasteiger partial charge in [-0.05, 0) is 37.1 Å². The first kappa shape index (κ1) is 23.6. The molecular formula is C32H25ClN4O2. The van der Waals surface area contributed by atoms with Crippen molar-refractivity contribution in [3.8, 4) is 0 Å². The van der Waals surface area contributed by atoms with E-state index in [4.69, 9.17) is 11.6 Å². The molecule has 0 fully saturated rings. The van der Waals surface area contributed by atoms with E-state index in [1.54, 1.807) is 6.20 Å². The molecule has 5 aromatic rings. The fourth-order valence-corrected chi connectivity index (χ4v) is 6.33. The van der Waals surface area contributed by atoms with Gasteiger partial charge in [0.05, 0.1) is 22.7 Å². The number of benzene rings is 3. The Morgan fingerprint density at radius 1 is 0.795 bits per heavy atom. The van der Waals surface area contributed by atoms with Gasteiger partial charge in [0.25, 0.3) is 11.8 Å². The molecule has 6 nitrogen and oxygen atoms in total. The number of halogens is 1. The number of carbonyl (C=O) groups is 2. The van der Waals surface area contributed by atoms with Crippen LogP contribution in [0.25, 0.3) is 33.0 Å². The summed E-state index contributed by atoms with van der Waals surface area (Å²) in [7, 11) is 0. The Morgan fingerprint density at radius 3 is 2.31 bits per heavy atom. The maximum absolute atomic E-state index is 13.3. The molecule has 0 saturated heterocycles. The smallest absolute Gasteiger partial charge is 0.259 e. The molecule has 2 aliphatic rings. The van der Waals surface area contributed by atoms with E-state index < -0.39 is 11.8 Å². The van der Waals surface area contributed by atoms with Gasteiger partial charge in [-0.3, -0.25) is 14.9 Å². The summed E-state index contributed by atoms with van der Waals surface area (Å²) in [6, 6.07) is 26.1. The molecule has 0 spiro atoms. The van der Waals surface area contributed by atoms with Gasteiger partial charge >= 0.3 is 0 Å². The molecule has 0 bridgehead atoms. The number of para-hydroxylation sites is 3. The Balaban J connectivity index is 1.35. The fourth-order valence-electron chi connectivity index (χ4n) is 5.91. The number of hydrogen-bond donors (Lipinski definition) is 3. The van der Waals surface area contributed by atoms with Crippen LogP contribution in [-0.4, -0.2) is 27.4 Å². The number of allylic oxidation sites excluding steroid dienone is 1. The van der Waals surface area contributed by atoms with E-state index in [-0.39, 0.29) is 12.1 Å². The summed E-state index contributed by atoms with van der Waals surface area (Å²) in [5, 5.41) is 8.27. The summed E-state index contributed by atoms with van der Waals surface area (Å²) >= 11 is 7.17. The molecular weight excluding hydrogens is 508 g/mol. The zero-order valence-corrected chi connectivity index (χ0v) is 21.7. The lowest BCUT2D eigenvalue weighted by atomic mass is 9.95. The SMILES string of the molecule is O=C1NC(=O)C(c2c(Cl)n(C3C=C[C@H](Nc4ccccc4)CC3)c3ccccc23)=C1c1c[nH]c2ccccc12. The molecule has 1 unspecified atom stereocenters. The number of hydrogen-bond acceptors (Lipinski definition) is 3. The highest BCUT2D eigenvalue weighted by Gasteiger charge is 2.37. The van der Waals surface area contributed by atoms with Crippen LogP contribution < -0.4 is 10.6 Å². The molecule has 192 valence electrons. The molecule has 3 aromatic carbocycles. The number of amides is 2. The Kier molecular flexibility index (Phi) is 5.63. The first-order valence-corrected chi connectivity index (χ1v) is 13.4. The van der Waals surface area contributed by atoms with Crippen LogP contribution >= 0.6 is 11.6 Å². The molecule has 1 aliphatic heterocycles. The maximum atomic E-state index is 13.3. The Hall–Kier alpha value is -4.55. The number of carbonyl (C=O) groups excluding carboxylic acids is 2. The third-order valence-electron chi connectivity index (χ3n) is 7.69. The maximum Gasteiger partial charge on any atom is 0.259 e. The summed E-state index contributed by atoms with van der Waals surface area (Å²) in [5.41, 5.74) is 4.84. The third kappa shape index (κ3) is 3.87. The first-order valence-electron chi connectivity index (χ1n) is 13.1. The quantitative estimate of drug-likeness (QED) is 0.174. The Labute approximate surface area is 230 Å². The molecule has 2 aromatic heterocycles. The predicted octanol–water partition coefficient (Wildman–Crippen LogP) is 6.72. The molecule has 7 heteroatoms. The normalized spacial score (nSPS) is 19.3. The number of nitrogens with one attached hydrogen (secondary N) is 3. The number of aromatic amines is 1. The van der Waals surface area contributed by atoms with E-state index in [2.05, 4.69) is 44.5 Å². The molecule has 0 radical (unpaired) electrons. The van der Waals surface area contributed by atoms with Gasteiger partial charge in [-0.1, -0.05) is 78.4 Å². The lowest BCUT2D eigenvalue weighted by Gasteiger charge is -2.26. The minimum atomic E-state index is -0.434. The van der Waals surface area contributed by atoms with Gasteiger partial charge in [0, 0.05) is 45.3 Å².